The summed E-state index contributed by atoms with van der Waals surface area (Å²) in [5.41, 5.74) is 1.19. The van der Waals surface area contributed by atoms with Crippen LogP contribution in [0.2, 0.25) is 0 Å². The first-order valence-corrected chi connectivity index (χ1v) is 12.3. The van der Waals surface area contributed by atoms with E-state index in [1.165, 1.54) is 17.2 Å². The van der Waals surface area contributed by atoms with Crippen molar-refractivity contribution in [3.05, 3.63) is 84.3 Å². The number of carbonyl (C=O) groups is 3. The molecule has 1 aliphatic carbocycles. The summed E-state index contributed by atoms with van der Waals surface area (Å²) in [7, 11) is 0. The van der Waals surface area contributed by atoms with E-state index in [4.69, 9.17) is 9.15 Å². The lowest BCUT2D eigenvalue weighted by molar-refractivity contribution is -0.126. The Hall–Kier alpha value is -4.07. The van der Waals surface area contributed by atoms with Crippen LogP contribution in [0.4, 0.5) is 5.69 Å². The number of anilines is 1. The number of ether oxygens (including phenoxy) is 1. The Labute approximate surface area is 210 Å². The average molecular weight is 490 g/mol. The highest BCUT2D eigenvalue weighted by Gasteiger charge is 2.34. The minimum Gasteiger partial charge on any atom is -0.494 e. The van der Waals surface area contributed by atoms with Crippen LogP contribution >= 0.6 is 0 Å². The SMILES string of the molecule is CCOc1ccc([C@H](C(=O)NC2CCCC2)N(C(=O)CNC(=O)c2ccco2)c2ccccc2)cc1. The minimum absolute atomic E-state index is 0.0779. The molecular formula is C28H31N3O5. The lowest BCUT2D eigenvalue weighted by atomic mass is 10.0. The monoisotopic (exact) mass is 489 g/mol. The van der Waals surface area contributed by atoms with Gasteiger partial charge in [0.15, 0.2) is 5.76 Å². The first kappa shape index (κ1) is 25.0. The van der Waals surface area contributed by atoms with Gasteiger partial charge in [-0.15, -0.1) is 0 Å². The Bertz CT molecular complexity index is 1140. The fraction of sp³-hybridized carbons (Fsp3) is 0.321. The molecule has 3 aromatic rings. The molecule has 1 saturated carbocycles. The number of para-hydroxylation sites is 1. The minimum atomic E-state index is -0.934. The second-order valence-electron chi connectivity index (χ2n) is 8.65. The molecule has 4 rings (SSSR count). The molecule has 1 aliphatic rings. The van der Waals surface area contributed by atoms with Crippen LogP contribution in [0.3, 0.4) is 0 Å². The summed E-state index contributed by atoms with van der Waals surface area (Å²) < 4.78 is 10.7. The van der Waals surface area contributed by atoms with E-state index in [9.17, 15) is 14.4 Å². The molecule has 0 bridgehead atoms. The van der Waals surface area contributed by atoms with Gasteiger partial charge in [-0.2, -0.15) is 0 Å². The van der Waals surface area contributed by atoms with E-state index < -0.39 is 17.9 Å². The summed E-state index contributed by atoms with van der Waals surface area (Å²) in [6.07, 6.45) is 5.36. The molecule has 2 aromatic carbocycles. The molecule has 1 fully saturated rings. The third-order valence-corrected chi connectivity index (χ3v) is 6.16. The van der Waals surface area contributed by atoms with Crippen molar-refractivity contribution in [1.82, 2.24) is 10.6 Å². The molecule has 8 heteroatoms. The molecule has 0 radical (unpaired) electrons. The Morgan fingerprint density at radius 3 is 2.36 bits per heavy atom. The first-order chi connectivity index (χ1) is 17.6. The summed E-state index contributed by atoms with van der Waals surface area (Å²) in [4.78, 5) is 41.2. The molecule has 188 valence electrons. The highest BCUT2D eigenvalue weighted by atomic mass is 16.5. The molecule has 0 saturated heterocycles. The van der Waals surface area contributed by atoms with Crippen molar-refractivity contribution in [2.45, 2.75) is 44.7 Å². The van der Waals surface area contributed by atoms with Gasteiger partial charge in [0.2, 0.25) is 11.8 Å². The quantitative estimate of drug-likeness (QED) is 0.444. The van der Waals surface area contributed by atoms with Crippen molar-refractivity contribution in [1.29, 1.82) is 0 Å². The van der Waals surface area contributed by atoms with Gasteiger partial charge in [-0.25, -0.2) is 0 Å². The number of hydrogen-bond acceptors (Lipinski definition) is 5. The third kappa shape index (κ3) is 6.13. The zero-order valence-corrected chi connectivity index (χ0v) is 20.3. The molecule has 1 aromatic heterocycles. The largest absolute Gasteiger partial charge is 0.494 e. The van der Waals surface area contributed by atoms with Gasteiger partial charge in [0.05, 0.1) is 19.4 Å². The predicted molar refractivity (Wildman–Crippen MR) is 136 cm³/mol. The molecule has 1 atom stereocenters. The Morgan fingerprint density at radius 1 is 1.00 bits per heavy atom. The Kier molecular flexibility index (Phi) is 8.39. The van der Waals surface area contributed by atoms with E-state index in [-0.39, 0.29) is 24.3 Å². The highest BCUT2D eigenvalue weighted by Crippen LogP contribution is 2.30. The van der Waals surface area contributed by atoms with Crippen molar-refractivity contribution in [3.8, 4) is 5.75 Å². The van der Waals surface area contributed by atoms with E-state index in [2.05, 4.69) is 10.6 Å². The lowest BCUT2D eigenvalue weighted by Gasteiger charge is -2.32. The summed E-state index contributed by atoms with van der Waals surface area (Å²) in [6.45, 7) is 2.12. The fourth-order valence-corrected chi connectivity index (χ4v) is 4.44. The van der Waals surface area contributed by atoms with Crippen molar-refractivity contribution >= 4 is 23.4 Å². The zero-order valence-electron chi connectivity index (χ0n) is 20.3. The van der Waals surface area contributed by atoms with E-state index in [0.29, 0.717) is 23.6 Å². The number of furan rings is 1. The Morgan fingerprint density at radius 2 is 1.72 bits per heavy atom. The second kappa shape index (κ2) is 12.1. The van der Waals surface area contributed by atoms with E-state index in [1.54, 1.807) is 54.6 Å². The molecule has 0 spiro atoms. The van der Waals surface area contributed by atoms with E-state index >= 15 is 0 Å². The third-order valence-electron chi connectivity index (χ3n) is 6.16. The van der Waals surface area contributed by atoms with E-state index in [1.807, 2.05) is 13.0 Å². The first-order valence-electron chi connectivity index (χ1n) is 12.3. The number of hydrogen-bond donors (Lipinski definition) is 2. The molecule has 0 unspecified atom stereocenters. The summed E-state index contributed by atoms with van der Waals surface area (Å²) in [6, 6.07) is 18.5. The predicted octanol–water partition coefficient (Wildman–Crippen LogP) is 4.24. The van der Waals surface area contributed by atoms with Crippen LogP contribution in [-0.2, 0) is 9.59 Å². The van der Waals surface area contributed by atoms with Crippen LogP contribution in [0, 0.1) is 0 Å². The molecule has 1 heterocycles. The normalized spacial score (nSPS) is 14.1. The highest BCUT2D eigenvalue weighted by molar-refractivity contribution is 6.04. The summed E-state index contributed by atoms with van der Waals surface area (Å²) >= 11 is 0. The average Bonchev–Trinajstić information content (AvgIpc) is 3.62. The molecule has 2 N–H and O–H groups in total. The molecule has 0 aliphatic heterocycles. The number of amides is 3. The van der Waals surface area contributed by atoms with Crippen LogP contribution in [0.25, 0.3) is 0 Å². The molecule has 8 nitrogen and oxygen atoms in total. The van der Waals surface area contributed by atoms with Gasteiger partial charge in [-0.3, -0.25) is 19.3 Å². The van der Waals surface area contributed by atoms with Crippen molar-refractivity contribution < 1.29 is 23.5 Å². The molecular weight excluding hydrogens is 458 g/mol. The van der Waals surface area contributed by atoms with Gasteiger partial charge in [-0.05, 0) is 61.7 Å². The lowest BCUT2D eigenvalue weighted by Crippen LogP contribution is -2.49. The zero-order chi connectivity index (χ0) is 25.3. The summed E-state index contributed by atoms with van der Waals surface area (Å²) in [5.74, 6) is -0.410. The van der Waals surface area contributed by atoms with Crippen LogP contribution in [0.15, 0.2) is 77.4 Å². The van der Waals surface area contributed by atoms with Crippen LogP contribution in [0.5, 0.6) is 5.75 Å². The van der Waals surface area contributed by atoms with Gasteiger partial charge < -0.3 is 19.8 Å². The number of carbonyl (C=O) groups excluding carboxylic acids is 3. The van der Waals surface area contributed by atoms with Gasteiger partial charge >= 0.3 is 0 Å². The summed E-state index contributed by atoms with van der Waals surface area (Å²) in [5, 5.41) is 5.75. The van der Waals surface area contributed by atoms with Crippen LogP contribution in [0.1, 0.15) is 54.8 Å². The maximum absolute atomic E-state index is 13.7. The number of nitrogens with one attached hydrogen (secondary N) is 2. The van der Waals surface area contributed by atoms with Gasteiger partial charge in [0, 0.05) is 11.7 Å². The van der Waals surface area contributed by atoms with Crippen LogP contribution < -0.4 is 20.3 Å². The smallest absolute Gasteiger partial charge is 0.287 e. The van der Waals surface area contributed by atoms with E-state index in [0.717, 1.165) is 25.7 Å². The van der Waals surface area contributed by atoms with Crippen LogP contribution in [-0.4, -0.2) is 36.9 Å². The number of nitrogens with zero attached hydrogens (tertiary/aromatic N) is 1. The maximum Gasteiger partial charge on any atom is 0.287 e. The van der Waals surface area contributed by atoms with Crippen molar-refractivity contribution in [2.75, 3.05) is 18.1 Å². The van der Waals surface area contributed by atoms with Gasteiger partial charge in [0.1, 0.15) is 11.8 Å². The van der Waals surface area contributed by atoms with Crippen molar-refractivity contribution in [2.24, 2.45) is 0 Å². The fourth-order valence-electron chi connectivity index (χ4n) is 4.44. The maximum atomic E-state index is 13.7. The standard InChI is InChI=1S/C28H31N3O5/c1-2-35-23-16-14-20(15-17-23)26(28(34)30-21-9-6-7-10-21)31(22-11-4-3-5-12-22)25(32)19-29-27(33)24-13-8-18-36-24/h3-5,8,11-18,21,26H,2,6-7,9-10,19H2,1H3,(H,29,33)(H,30,34)/t26-/m1/s1. The topological polar surface area (TPSA) is 101 Å². The Balaban J connectivity index is 1.66. The second-order valence-corrected chi connectivity index (χ2v) is 8.65. The van der Waals surface area contributed by atoms with Gasteiger partial charge in [-0.1, -0.05) is 43.2 Å². The number of rotatable bonds is 10. The van der Waals surface area contributed by atoms with Gasteiger partial charge in [0.25, 0.3) is 5.91 Å². The number of benzene rings is 2. The van der Waals surface area contributed by atoms with Crippen molar-refractivity contribution in [3.63, 3.8) is 0 Å². The molecule has 36 heavy (non-hydrogen) atoms. The molecule has 3 amide bonds.